The van der Waals surface area contributed by atoms with Crippen LogP contribution in [0.1, 0.15) is 22.0 Å². The third-order valence-electron chi connectivity index (χ3n) is 2.57. The van der Waals surface area contributed by atoms with Gasteiger partial charge in [0.15, 0.2) is 0 Å². The van der Waals surface area contributed by atoms with Gasteiger partial charge in [-0.2, -0.15) is 13.2 Å². The molecule has 18 heavy (non-hydrogen) atoms. The number of aromatic nitrogens is 1. The van der Waals surface area contributed by atoms with Crippen molar-refractivity contribution in [2.24, 2.45) is 5.73 Å². The molecule has 1 heterocycles. The molecular formula is C12H11F3N2S. The largest absolute Gasteiger partial charge is 0.416 e. The minimum Gasteiger partial charge on any atom is -0.324 e. The molecule has 1 aromatic heterocycles. The first kappa shape index (κ1) is 13.0. The summed E-state index contributed by atoms with van der Waals surface area (Å²) in [5.74, 6) is 0. The van der Waals surface area contributed by atoms with Crippen LogP contribution in [0.25, 0.3) is 0 Å². The molecule has 0 fully saturated rings. The smallest absolute Gasteiger partial charge is 0.324 e. The predicted molar refractivity (Wildman–Crippen MR) is 64.2 cm³/mol. The molecule has 0 aliphatic rings. The van der Waals surface area contributed by atoms with E-state index in [1.54, 1.807) is 17.8 Å². The lowest BCUT2D eigenvalue weighted by Crippen LogP contribution is -2.18. The fourth-order valence-electron chi connectivity index (χ4n) is 1.75. The number of thiazole rings is 1. The molecule has 0 saturated carbocycles. The van der Waals surface area contributed by atoms with Crippen LogP contribution in [0.4, 0.5) is 13.2 Å². The van der Waals surface area contributed by atoms with Crippen LogP contribution >= 0.6 is 11.3 Å². The van der Waals surface area contributed by atoms with Crippen molar-refractivity contribution in [3.63, 3.8) is 0 Å². The molecule has 2 N–H and O–H groups in total. The van der Waals surface area contributed by atoms with Gasteiger partial charge in [-0.3, -0.25) is 4.98 Å². The Morgan fingerprint density at radius 1 is 1.28 bits per heavy atom. The van der Waals surface area contributed by atoms with Gasteiger partial charge in [0.05, 0.1) is 11.1 Å². The normalized spacial score (nSPS) is 13.6. The summed E-state index contributed by atoms with van der Waals surface area (Å²) in [6, 6.07) is 4.74. The molecule has 2 aromatic rings. The molecule has 6 heteroatoms. The summed E-state index contributed by atoms with van der Waals surface area (Å²) in [6.45, 7) is 0. The highest BCUT2D eigenvalue weighted by Crippen LogP contribution is 2.34. The number of hydrogen-bond acceptors (Lipinski definition) is 3. The standard InChI is InChI=1S/C12H11F3N2S/c13-12(14,15)10-4-2-1-3-9(10)11(16)5-8-6-17-7-18-8/h1-4,6-7,11H,5,16H2. The summed E-state index contributed by atoms with van der Waals surface area (Å²) in [5.41, 5.74) is 6.96. The number of nitrogens with two attached hydrogens (primary N) is 1. The van der Waals surface area contributed by atoms with Crippen molar-refractivity contribution in [2.75, 3.05) is 0 Å². The monoisotopic (exact) mass is 272 g/mol. The van der Waals surface area contributed by atoms with Gasteiger partial charge in [-0.1, -0.05) is 18.2 Å². The topological polar surface area (TPSA) is 38.9 Å². The van der Waals surface area contributed by atoms with Gasteiger partial charge in [0.2, 0.25) is 0 Å². The van der Waals surface area contributed by atoms with Gasteiger partial charge in [-0.25, -0.2) is 0 Å². The molecule has 2 rings (SSSR count). The van der Waals surface area contributed by atoms with Crippen LogP contribution in [0.15, 0.2) is 36.0 Å². The lowest BCUT2D eigenvalue weighted by atomic mass is 9.98. The molecule has 0 spiro atoms. The van der Waals surface area contributed by atoms with Gasteiger partial charge in [-0.15, -0.1) is 11.3 Å². The Kier molecular flexibility index (Phi) is 3.68. The average molecular weight is 272 g/mol. The van der Waals surface area contributed by atoms with Gasteiger partial charge in [0.25, 0.3) is 0 Å². The molecule has 1 aromatic carbocycles. The van der Waals surface area contributed by atoms with Crippen LogP contribution in [0.3, 0.4) is 0 Å². The predicted octanol–water partition coefficient (Wildman–Crippen LogP) is 3.40. The molecule has 1 unspecified atom stereocenters. The fourth-order valence-corrected chi connectivity index (χ4v) is 2.40. The lowest BCUT2D eigenvalue weighted by molar-refractivity contribution is -0.138. The Morgan fingerprint density at radius 3 is 2.61 bits per heavy atom. The Bertz CT molecular complexity index is 508. The fraction of sp³-hybridized carbons (Fsp3) is 0.250. The summed E-state index contributed by atoms with van der Waals surface area (Å²) >= 11 is 1.39. The Hall–Kier alpha value is -1.40. The van der Waals surface area contributed by atoms with E-state index in [0.717, 1.165) is 10.9 Å². The molecule has 2 nitrogen and oxygen atoms in total. The molecule has 96 valence electrons. The second-order valence-electron chi connectivity index (χ2n) is 3.86. The Morgan fingerprint density at radius 2 is 2.00 bits per heavy atom. The van der Waals surface area contributed by atoms with Gasteiger partial charge in [0.1, 0.15) is 0 Å². The zero-order valence-electron chi connectivity index (χ0n) is 9.32. The maximum Gasteiger partial charge on any atom is 0.416 e. The summed E-state index contributed by atoms with van der Waals surface area (Å²) in [4.78, 5) is 4.76. The lowest BCUT2D eigenvalue weighted by Gasteiger charge is -2.17. The van der Waals surface area contributed by atoms with E-state index in [2.05, 4.69) is 4.98 Å². The van der Waals surface area contributed by atoms with Crippen molar-refractivity contribution in [2.45, 2.75) is 18.6 Å². The van der Waals surface area contributed by atoms with E-state index >= 15 is 0 Å². The van der Waals surface area contributed by atoms with E-state index in [9.17, 15) is 13.2 Å². The molecule has 1 atom stereocenters. The van der Waals surface area contributed by atoms with Gasteiger partial charge < -0.3 is 5.73 Å². The van der Waals surface area contributed by atoms with E-state index in [0.29, 0.717) is 6.42 Å². The number of rotatable bonds is 3. The zero-order valence-corrected chi connectivity index (χ0v) is 10.1. The molecule has 0 saturated heterocycles. The van der Waals surface area contributed by atoms with Crippen molar-refractivity contribution < 1.29 is 13.2 Å². The minimum absolute atomic E-state index is 0.124. The maximum atomic E-state index is 12.8. The summed E-state index contributed by atoms with van der Waals surface area (Å²) in [5, 5.41) is 0. The van der Waals surface area contributed by atoms with Crippen molar-refractivity contribution in [3.8, 4) is 0 Å². The first-order valence-corrected chi connectivity index (χ1v) is 6.15. The number of halogens is 3. The van der Waals surface area contributed by atoms with E-state index in [1.165, 1.54) is 23.5 Å². The Balaban J connectivity index is 2.27. The van der Waals surface area contributed by atoms with Crippen LogP contribution < -0.4 is 5.73 Å². The van der Waals surface area contributed by atoms with Gasteiger partial charge in [0, 0.05) is 23.5 Å². The van der Waals surface area contributed by atoms with E-state index in [1.807, 2.05) is 0 Å². The van der Waals surface area contributed by atoms with Crippen LogP contribution in [-0.4, -0.2) is 4.98 Å². The molecular weight excluding hydrogens is 261 g/mol. The highest BCUT2D eigenvalue weighted by atomic mass is 32.1. The highest BCUT2D eigenvalue weighted by molar-refractivity contribution is 7.09. The van der Waals surface area contributed by atoms with E-state index in [-0.39, 0.29) is 5.56 Å². The van der Waals surface area contributed by atoms with Gasteiger partial charge >= 0.3 is 6.18 Å². The van der Waals surface area contributed by atoms with E-state index in [4.69, 9.17) is 5.73 Å². The third-order valence-corrected chi connectivity index (χ3v) is 3.37. The van der Waals surface area contributed by atoms with Crippen LogP contribution in [-0.2, 0) is 12.6 Å². The molecule has 0 bridgehead atoms. The van der Waals surface area contributed by atoms with Crippen molar-refractivity contribution in [1.29, 1.82) is 0 Å². The molecule has 0 amide bonds. The SMILES string of the molecule is NC(Cc1cncs1)c1ccccc1C(F)(F)F. The van der Waals surface area contributed by atoms with Crippen molar-refractivity contribution in [3.05, 3.63) is 52.0 Å². The minimum atomic E-state index is -4.37. The summed E-state index contributed by atoms with van der Waals surface area (Å²) in [6.07, 6.45) is -2.39. The van der Waals surface area contributed by atoms with Crippen molar-refractivity contribution in [1.82, 2.24) is 4.98 Å². The van der Waals surface area contributed by atoms with Crippen LogP contribution in [0.5, 0.6) is 0 Å². The summed E-state index contributed by atoms with van der Waals surface area (Å²) < 4.78 is 38.5. The first-order chi connectivity index (χ1) is 8.48. The van der Waals surface area contributed by atoms with Crippen LogP contribution in [0.2, 0.25) is 0 Å². The number of hydrogen-bond donors (Lipinski definition) is 1. The average Bonchev–Trinajstić information content (AvgIpc) is 2.80. The maximum absolute atomic E-state index is 12.8. The molecule has 0 aliphatic heterocycles. The second-order valence-corrected chi connectivity index (χ2v) is 4.83. The number of benzene rings is 1. The van der Waals surface area contributed by atoms with Gasteiger partial charge in [-0.05, 0) is 11.6 Å². The first-order valence-electron chi connectivity index (χ1n) is 5.27. The quantitative estimate of drug-likeness (QED) is 0.930. The molecule has 0 aliphatic carbocycles. The van der Waals surface area contributed by atoms with E-state index < -0.39 is 17.8 Å². The second kappa shape index (κ2) is 5.07. The Labute approximate surface area is 106 Å². The number of alkyl halides is 3. The van der Waals surface area contributed by atoms with Crippen LogP contribution in [0, 0.1) is 0 Å². The third kappa shape index (κ3) is 2.88. The summed E-state index contributed by atoms with van der Waals surface area (Å²) in [7, 11) is 0. The highest BCUT2D eigenvalue weighted by Gasteiger charge is 2.34. The molecule has 0 radical (unpaired) electrons. The zero-order chi connectivity index (χ0) is 13.2. The number of nitrogens with zero attached hydrogens (tertiary/aromatic N) is 1. The van der Waals surface area contributed by atoms with Crippen molar-refractivity contribution >= 4 is 11.3 Å².